The lowest BCUT2D eigenvalue weighted by Crippen LogP contribution is -2.71. The Morgan fingerprint density at radius 2 is 1.69 bits per heavy atom. The second kappa shape index (κ2) is 8.78. The molecule has 0 amide bonds. The van der Waals surface area contributed by atoms with Gasteiger partial charge in [-0.1, -0.05) is 47.6 Å². The highest BCUT2D eigenvalue weighted by Gasteiger charge is 2.73. The number of carbonyl (C=O) groups excluding carboxylic acids is 1. The fourth-order valence-electron chi connectivity index (χ4n) is 11.2. The molecule has 39 heavy (non-hydrogen) atoms. The van der Waals surface area contributed by atoms with E-state index in [0.29, 0.717) is 18.8 Å². The Labute approximate surface area is 233 Å². The lowest BCUT2D eigenvalue weighted by molar-refractivity contribution is -0.247. The van der Waals surface area contributed by atoms with Crippen LogP contribution >= 0.6 is 0 Å². The summed E-state index contributed by atoms with van der Waals surface area (Å²) in [6.45, 7) is 14.0. The Morgan fingerprint density at radius 1 is 1.03 bits per heavy atom. The van der Waals surface area contributed by atoms with E-state index in [0.717, 1.165) is 37.7 Å². The number of rotatable bonds is 3. The van der Waals surface area contributed by atoms with Gasteiger partial charge in [-0.15, -0.1) is 0 Å². The lowest BCUT2D eigenvalue weighted by atomic mass is 9.34. The fourth-order valence-corrected chi connectivity index (χ4v) is 11.2. The molecule has 4 fully saturated rings. The minimum atomic E-state index is -1.17. The molecule has 7 heteroatoms. The summed E-state index contributed by atoms with van der Waals surface area (Å²) in [6, 6.07) is 0. The summed E-state index contributed by atoms with van der Waals surface area (Å²) in [5.74, 6) is -1.58. The molecule has 0 bridgehead atoms. The smallest absolute Gasteiger partial charge is 0.310 e. The molecule has 4 N–H and O–H groups in total. The average molecular weight is 547 g/mol. The average Bonchev–Trinajstić information content (AvgIpc) is 2.83. The molecule has 0 spiro atoms. The molecular weight excluding hydrogens is 496 g/mol. The van der Waals surface area contributed by atoms with Crippen molar-refractivity contribution in [2.24, 2.45) is 50.7 Å². The van der Waals surface area contributed by atoms with Crippen molar-refractivity contribution in [3.8, 4) is 0 Å². The van der Waals surface area contributed by atoms with Crippen molar-refractivity contribution < 1.29 is 34.8 Å². The summed E-state index contributed by atoms with van der Waals surface area (Å²) in [7, 11) is 0. The highest BCUT2D eigenvalue weighted by atomic mass is 16.5. The monoisotopic (exact) mass is 546 g/mol. The summed E-state index contributed by atoms with van der Waals surface area (Å²) in [6.07, 6.45) is 6.11. The maximum absolute atomic E-state index is 13.1. The Morgan fingerprint density at radius 3 is 2.28 bits per heavy atom. The van der Waals surface area contributed by atoms with Gasteiger partial charge in [-0.3, -0.25) is 9.59 Å². The van der Waals surface area contributed by atoms with Crippen LogP contribution in [0.1, 0.15) is 99.8 Å². The minimum Gasteiger partial charge on any atom is -0.481 e. The molecule has 0 aliphatic heterocycles. The third-order valence-corrected chi connectivity index (χ3v) is 13.4. The first-order valence-corrected chi connectivity index (χ1v) is 15.1. The van der Waals surface area contributed by atoms with Crippen LogP contribution in [0.4, 0.5) is 0 Å². The van der Waals surface area contributed by atoms with Crippen molar-refractivity contribution in [3.05, 3.63) is 11.6 Å². The fraction of sp³-hybridized carbons (Fsp3) is 0.875. The molecule has 0 aromatic rings. The van der Waals surface area contributed by atoms with Crippen molar-refractivity contribution in [1.82, 2.24) is 0 Å². The van der Waals surface area contributed by atoms with Crippen LogP contribution in [-0.2, 0) is 14.3 Å². The highest BCUT2D eigenvalue weighted by molar-refractivity contribution is 5.77. The first-order chi connectivity index (χ1) is 17.9. The number of allylic oxidation sites excluding steroid dienone is 1. The van der Waals surface area contributed by atoms with E-state index in [2.05, 4.69) is 33.8 Å². The van der Waals surface area contributed by atoms with Gasteiger partial charge in [0, 0.05) is 24.2 Å². The first-order valence-electron chi connectivity index (χ1n) is 15.1. The number of ether oxygens (including phenoxy) is 1. The molecule has 0 aromatic heterocycles. The SMILES string of the molecule is CC(=O)O[C@H]1C[C@]2(C(=O)O)C[C@H](C)[C@]3(O)C(=CC[C@@H]4[C@@]5(C)CC[C@H](O)C(C)(C)[C@@H]5CC[C@]43C)[C@H]2C[C@@]1(C)CO. The summed E-state index contributed by atoms with van der Waals surface area (Å²) >= 11 is 0. The predicted octanol–water partition coefficient (Wildman–Crippen LogP) is 4.72. The van der Waals surface area contributed by atoms with Gasteiger partial charge in [0.15, 0.2) is 0 Å². The van der Waals surface area contributed by atoms with Crippen molar-refractivity contribution in [3.63, 3.8) is 0 Å². The van der Waals surface area contributed by atoms with Gasteiger partial charge in [-0.2, -0.15) is 0 Å². The van der Waals surface area contributed by atoms with Crippen LogP contribution in [-0.4, -0.2) is 56.8 Å². The van der Waals surface area contributed by atoms with E-state index < -0.39 is 45.8 Å². The Hall–Kier alpha value is -1.44. The highest BCUT2D eigenvalue weighted by Crippen LogP contribution is 2.74. The van der Waals surface area contributed by atoms with Crippen LogP contribution in [0.15, 0.2) is 11.6 Å². The largest absolute Gasteiger partial charge is 0.481 e. The topological polar surface area (TPSA) is 124 Å². The second-order valence-electron chi connectivity index (χ2n) is 15.5. The third-order valence-electron chi connectivity index (χ3n) is 13.4. The van der Waals surface area contributed by atoms with Crippen molar-refractivity contribution >= 4 is 11.9 Å². The van der Waals surface area contributed by atoms with E-state index in [9.17, 15) is 30.0 Å². The lowest BCUT2D eigenvalue weighted by Gasteiger charge is -2.71. The number of aliphatic hydroxyl groups excluding tert-OH is 2. The Kier molecular flexibility index (Phi) is 6.54. The number of hydrogen-bond acceptors (Lipinski definition) is 6. The van der Waals surface area contributed by atoms with Gasteiger partial charge >= 0.3 is 11.9 Å². The molecule has 0 aromatic carbocycles. The van der Waals surface area contributed by atoms with Gasteiger partial charge in [0.1, 0.15) is 6.10 Å². The van der Waals surface area contributed by atoms with Crippen LogP contribution in [0.25, 0.3) is 0 Å². The second-order valence-corrected chi connectivity index (χ2v) is 15.5. The standard InChI is InChI=1S/C32H50O7/c1-18-14-31(26(36)37)16-25(39-19(2)34)28(5,17-33)15-21(31)20-8-9-23-29(6)12-11-24(35)27(3,4)22(29)10-13-30(23,7)32(18,20)38/h8,18,21-25,33,35,38H,9-17H2,1-7H3,(H,36,37)/t18-,21+,22-,23+,24-,25-,28-,29-,30+,31+,32-/m0/s1. The van der Waals surface area contributed by atoms with Gasteiger partial charge in [-0.25, -0.2) is 0 Å². The van der Waals surface area contributed by atoms with Gasteiger partial charge < -0.3 is 25.2 Å². The molecule has 4 saturated carbocycles. The van der Waals surface area contributed by atoms with Crippen LogP contribution in [0.5, 0.6) is 0 Å². The van der Waals surface area contributed by atoms with Crippen LogP contribution < -0.4 is 0 Å². The number of hydrogen-bond donors (Lipinski definition) is 4. The summed E-state index contributed by atoms with van der Waals surface area (Å²) in [5, 5.41) is 45.2. The maximum atomic E-state index is 13.1. The molecule has 220 valence electrons. The molecular formula is C32H50O7. The van der Waals surface area contributed by atoms with E-state index in [-0.39, 0.29) is 41.8 Å². The molecule has 0 saturated heterocycles. The van der Waals surface area contributed by atoms with Gasteiger partial charge in [0.2, 0.25) is 0 Å². The molecule has 0 heterocycles. The number of carboxylic acids is 1. The number of aliphatic hydroxyl groups is 3. The normalized spacial score (nSPS) is 52.3. The van der Waals surface area contributed by atoms with Crippen LogP contribution in [0.2, 0.25) is 0 Å². The van der Waals surface area contributed by atoms with E-state index >= 15 is 0 Å². The number of fused-ring (bicyclic) bond motifs is 7. The van der Waals surface area contributed by atoms with Gasteiger partial charge in [0.05, 0.1) is 23.7 Å². The molecule has 11 atom stereocenters. The van der Waals surface area contributed by atoms with E-state index in [1.165, 1.54) is 6.92 Å². The molecule has 0 radical (unpaired) electrons. The van der Waals surface area contributed by atoms with Crippen molar-refractivity contribution in [2.45, 2.75) is 118 Å². The van der Waals surface area contributed by atoms with E-state index in [4.69, 9.17) is 4.74 Å². The quantitative estimate of drug-likeness (QED) is 0.298. The zero-order valence-electron chi connectivity index (χ0n) is 24.9. The van der Waals surface area contributed by atoms with Crippen LogP contribution in [0, 0.1) is 50.7 Å². The van der Waals surface area contributed by atoms with Crippen molar-refractivity contribution in [1.29, 1.82) is 0 Å². The van der Waals surface area contributed by atoms with E-state index in [1.54, 1.807) is 0 Å². The number of esters is 1. The summed E-state index contributed by atoms with van der Waals surface area (Å²) < 4.78 is 5.66. The Bertz CT molecular complexity index is 1080. The zero-order chi connectivity index (χ0) is 29.0. The number of carboxylic acid groups (broad SMARTS) is 1. The third kappa shape index (κ3) is 3.57. The summed E-state index contributed by atoms with van der Waals surface area (Å²) in [4.78, 5) is 25.1. The first kappa shape index (κ1) is 29.1. The van der Waals surface area contributed by atoms with Gasteiger partial charge in [0.25, 0.3) is 0 Å². The summed E-state index contributed by atoms with van der Waals surface area (Å²) in [5.41, 5.74) is -2.99. The molecule has 0 unspecified atom stereocenters. The predicted molar refractivity (Wildman–Crippen MR) is 146 cm³/mol. The maximum Gasteiger partial charge on any atom is 0.310 e. The Balaban J connectivity index is 1.63. The van der Waals surface area contributed by atoms with Gasteiger partial charge in [-0.05, 0) is 85.0 Å². The number of carbonyl (C=O) groups is 2. The minimum absolute atomic E-state index is 0.0405. The van der Waals surface area contributed by atoms with Crippen LogP contribution in [0.3, 0.4) is 0 Å². The molecule has 7 nitrogen and oxygen atoms in total. The van der Waals surface area contributed by atoms with E-state index in [1.807, 2.05) is 13.8 Å². The zero-order valence-corrected chi connectivity index (χ0v) is 24.9. The molecule has 5 aliphatic carbocycles. The van der Waals surface area contributed by atoms with Crippen molar-refractivity contribution in [2.75, 3.05) is 6.61 Å². The molecule has 5 rings (SSSR count). The molecule has 5 aliphatic rings. The number of aliphatic carboxylic acids is 1.